The van der Waals surface area contributed by atoms with Crippen LogP contribution in [0.15, 0.2) is 35.7 Å². The van der Waals surface area contributed by atoms with Gasteiger partial charge in [0.2, 0.25) is 0 Å². The maximum absolute atomic E-state index is 4.81. The Bertz CT molecular complexity index is 556. The highest BCUT2D eigenvalue weighted by Gasteiger charge is 2.21. The van der Waals surface area contributed by atoms with Gasteiger partial charge in [-0.05, 0) is 19.4 Å². The van der Waals surface area contributed by atoms with Crippen molar-refractivity contribution in [2.75, 3.05) is 13.1 Å². The normalized spacial score (nSPS) is 23.3. The molecule has 0 saturated carbocycles. The molecule has 1 N–H and O–H groups in total. The zero-order valence-corrected chi connectivity index (χ0v) is 13.6. The van der Waals surface area contributed by atoms with Crippen LogP contribution < -0.4 is 5.32 Å². The van der Waals surface area contributed by atoms with Gasteiger partial charge in [-0.3, -0.25) is 4.90 Å². The van der Waals surface area contributed by atoms with E-state index in [-0.39, 0.29) is 0 Å². The van der Waals surface area contributed by atoms with E-state index < -0.39 is 0 Å². The Morgan fingerprint density at radius 3 is 2.62 bits per heavy atom. The molecule has 21 heavy (non-hydrogen) atoms. The van der Waals surface area contributed by atoms with Gasteiger partial charge in [0, 0.05) is 43.5 Å². The molecular weight excluding hydrogens is 278 g/mol. The van der Waals surface area contributed by atoms with Crippen LogP contribution in [-0.2, 0) is 13.0 Å². The summed E-state index contributed by atoms with van der Waals surface area (Å²) in [4.78, 5) is 7.31. The molecule has 0 radical (unpaired) electrons. The topological polar surface area (TPSA) is 28.2 Å². The van der Waals surface area contributed by atoms with Crippen LogP contribution in [0.2, 0.25) is 0 Å². The standard InChI is InChI=1S/C17H23N3S/c1-13-9-20(10-14(2)18-13)11-16-12-21-17(19-16)8-15-6-4-3-5-7-15/h3-7,12-14,18H,8-11H2,1-2H3. The van der Waals surface area contributed by atoms with E-state index in [2.05, 4.69) is 59.8 Å². The van der Waals surface area contributed by atoms with Crippen molar-refractivity contribution in [1.82, 2.24) is 15.2 Å². The maximum Gasteiger partial charge on any atom is 0.0972 e. The summed E-state index contributed by atoms with van der Waals surface area (Å²) >= 11 is 1.78. The lowest BCUT2D eigenvalue weighted by molar-refractivity contribution is 0.165. The third-order valence-corrected chi connectivity index (χ3v) is 4.71. The van der Waals surface area contributed by atoms with E-state index in [1.807, 2.05) is 0 Å². The number of nitrogens with zero attached hydrogens (tertiary/aromatic N) is 2. The molecule has 0 aliphatic carbocycles. The smallest absolute Gasteiger partial charge is 0.0972 e. The van der Waals surface area contributed by atoms with E-state index in [0.29, 0.717) is 12.1 Å². The van der Waals surface area contributed by atoms with Crippen molar-refractivity contribution in [1.29, 1.82) is 0 Å². The van der Waals surface area contributed by atoms with Gasteiger partial charge in [-0.1, -0.05) is 30.3 Å². The van der Waals surface area contributed by atoms with Crippen LogP contribution in [0.25, 0.3) is 0 Å². The highest BCUT2D eigenvalue weighted by atomic mass is 32.1. The molecule has 2 heterocycles. The van der Waals surface area contributed by atoms with Gasteiger partial charge in [-0.25, -0.2) is 4.98 Å². The molecule has 2 aromatic rings. The summed E-state index contributed by atoms with van der Waals surface area (Å²) in [5.74, 6) is 0. The first-order chi connectivity index (χ1) is 10.2. The molecule has 0 bridgehead atoms. The summed E-state index contributed by atoms with van der Waals surface area (Å²) in [6, 6.07) is 11.7. The van der Waals surface area contributed by atoms with E-state index in [4.69, 9.17) is 4.98 Å². The van der Waals surface area contributed by atoms with Crippen LogP contribution in [0, 0.1) is 0 Å². The second kappa shape index (κ2) is 6.69. The van der Waals surface area contributed by atoms with Crippen molar-refractivity contribution in [2.45, 2.75) is 38.9 Å². The fraction of sp³-hybridized carbons (Fsp3) is 0.471. The van der Waals surface area contributed by atoms with E-state index in [1.165, 1.54) is 16.3 Å². The third kappa shape index (κ3) is 4.13. The second-order valence-electron chi connectivity index (χ2n) is 6.06. The minimum atomic E-state index is 0.566. The fourth-order valence-electron chi connectivity index (χ4n) is 3.07. The molecule has 2 unspecified atom stereocenters. The van der Waals surface area contributed by atoms with Gasteiger partial charge in [-0.2, -0.15) is 0 Å². The highest BCUT2D eigenvalue weighted by molar-refractivity contribution is 7.09. The number of rotatable bonds is 4. The number of hydrogen-bond donors (Lipinski definition) is 1. The van der Waals surface area contributed by atoms with Crippen molar-refractivity contribution in [3.05, 3.63) is 52.0 Å². The number of nitrogens with one attached hydrogen (secondary N) is 1. The summed E-state index contributed by atoms with van der Waals surface area (Å²) in [5, 5.41) is 7.01. The first-order valence-electron chi connectivity index (χ1n) is 7.64. The summed E-state index contributed by atoms with van der Waals surface area (Å²) < 4.78 is 0. The van der Waals surface area contributed by atoms with Crippen molar-refractivity contribution < 1.29 is 0 Å². The summed E-state index contributed by atoms with van der Waals surface area (Å²) in [6.07, 6.45) is 0.944. The Labute approximate surface area is 131 Å². The van der Waals surface area contributed by atoms with Gasteiger partial charge in [0.25, 0.3) is 0 Å². The van der Waals surface area contributed by atoms with Crippen molar-refractivity contribution >= 4 is 11.3 Å². The first-order valence-corrected chi connectivity index (χ1v) is 8.52. The molecule has 1 saturated heterocycles. The predicted molar refractivity (Wildman–Crippen MR) is 88.7 cm³/mol. The molecule has 0 amide bonds. The fourth-order valence-corrected chi connectivity index (χ4v) is 3.89. The van der Waals surface area contributed by atoms with Gasteiger partial charge in [-0.15, -0.1) is 11.3 Å². The number of thiazole rings is 1. The minimum Gasteiger partial charge on any atom is -0.309 e. The Morgan fingerprint density at radius 2 is 1.90 bits per heavy atom. The van der Waals surface area contributed by atoms with E-state index in [1.54, 1.807) is 11.3 Å². The molecule has 0 spiro atoms. The van der Waals surface area contributed by atoms with Crippen LogP contribution in [-0.4, -0.2) is 35.1 Å². The van der Waals surface area contributed by atoms with Gasteiger partial charge in [0.15, 0.2) is 0 Å². The maximum atomic E-state index is 4.81. The molecule has 1 aliphatic rings. The molecule has 1 fully saturated rings. The molecule has 1 aliphatic heterocycles. The summed E-state index contributed by atoms with van der Waals surface area (Å²) in [7, 11) is 0. The van der Waals surface area contributed by atoms with Crippen LogP contribution in [0.1, 0.15) is 30.1 Å². The largest absolute Gasteiger partial charge is 0.309 e. The van der Waals surface area contributed by atoms with Gasteiger partial charge >= 0.3 is 0 Å². The molecular formula is C17H23N3S. The molecule has 4 heteroatoms. The van der Waals surface area contributed by atoms with Crippen LogP contribution in [0.4, 0.5) is 0 Å². The number of benzene rings is 1. The lowest BCUT2D eigenvalue weighted by atomic mass is 10.1. The zero-order chi connectivity index (χ0) is 14.7. The van der Waals surface area contributed by atoms with Gasteiger partial charge in [0.05, 0.1) is 10.7 Å². The average Bonchev–Trinajstić information content (AvgIpc) is 2.86. The van der Waals surface area contributed by atoms with Crippen LogP contribution >= 0.6 is 11.3 Å². The second-order valence-corrected chi connectivity index (χ2v) is 7.00. The number of aromatic nitrogens is 1. The van der Waals surface area contributed by atoms with Crippen molar-refractivity contribution in [3.63, 3.8) is 0 Å². The molecule has 3 rings (SSSR count). The molecule has 112 valence electrons. The Kier molecular flexibility index (Phi) is 4.68. The van der Waals surface area contributed by atoms with E-state index >= 15 is 0 Å². The van der Waals surface area contributed by atoms with E-state index in [0.717, 1.165) is 26.1 Å². The van der Waals surface area contributed by atoms with Crippen LogP contribution in [0.3, 0.4) is 0 Å². The van der Waals surface area contributed by atoms with Crippen molar-refractivity contribution in [3.8, 4) is 0 Å². The molecule has 3 nitrogen and oxygen atoms in total. The highest BCUT2D eigenvalue weighted by Crippen LogP contribution is 2.17. The zero-order valence-electron chi connectivity index (χ0n) is 12.7. The molecule has 1 aromatic carbocycles. The Balaban J connectivity index is 1.60. The van der Waals surface area contributed by atoms with Crippen molar-refractivity contribution in [2.24, 2.45) is 0 Å². The quantitative estimate of drug-likeness (QED) is 0.941. The predicted octanol–water partition coefficient (Wildman–Crippen LogP) is 2.92. The number of hydrogen-bond acceptors (Lipinski definition) is 4. The average molecular weight is 301 g/mol. The minimum absolute atomic E-state index is 0.566. The van der Waals surface area contributed by atoms with Gasteiger partial charge in [0.1, 0.15) is 0 Å². The lowest BCUT2D eigenvalue weighted by Gasteiger charge is -2.35. The lowest BCUT2D eigenvalue weighted by Crippen LogP contribution is -2.53. The first kappa shape index (κ1) is 14.7. The summed E-state index contributed by atoms with van der Waals surface area (Å²) in [5.41, 5.74) is 2.55. The van der Waals surface area contributed by atoms with Gasteiger partial charge < -0.3 is 5.32 Å². The SMILES string of the molecule is CC1CN(Cc2csc(Cc3ccccc3)n2)CC(C)N1. The Morgan fingerprint density at radius 1 is 1.19 bits per heavy atom. The molecule has 2 atom stereocenters. The third-order valence-electron chi connectivity index (χ3n) is 3.82. The Hall–Kier alpha value is -1.23. The number of piperazine rings is 1. The van der Waals surface area contributed by atoms with Crippen LogP contribution in [0.5, 0.6) is 0 Å². The monoisotopic (exact) mass is 301 g/mol. The molecule has 1 aromatic heterocycles. The van der Waals surface area contributed by atoms with E-state index in [9.17, 15) is 0 Å². The summed E-state index contributed by atoms with van der Waals surface area (Å²) in [6.45, 7) is 7.70.